The van der Waals surface area contributed by atoms with Gasteiger partial charge >= 0.3 is 0 Å². The molecule has 4 nitrogen and oxygen atoms in total. The lowest BCUT2D eigenvalue weighted by Gasteiger charge is -2.35. The van der Waals surface area contributed by atoms with Crippen molar-refractivity contribution in [3.05, 3.63) is 16.9 Å². The molecular formula is C15H24ClN3O. The molecule has 0 aromatic carbocycles. The fourth-order valence-corrected chi connectivity index (χ4v) is 3.41. The molecule has 0 amide bonds. The minimum Gasteiger partial charge on any atom is -0.330 e. The molecule has 112 valence electrons. The number of carbonyl (C=O) groups excluding carboxylic acids is 1. The van der Waals surface area contributed by atoms with Crippen LogP contribution in [0.25, 0.3) is 0 Å². The number of nitrogens with two attached hydrogens (primary N) is 1. The van der Waals surface area contributed by atoms with Gasteiger partial charge in [0.15, 0.2) is 5.78 Å². The summed E-state index contributed by atoms with van der Waals surface area (Å²) in [6, 6.07) is 0.127. The van der Waals surface area contributed by atoms with Crippen molar-refractivity contribution in [1.82, 2.24) is 9.78 Å². The predicted octanol–water partition coefficient (Wildman–Crippen LogP) is 3.60. The Morgan fingerprint density at radius 2 is 2.10 bits per heavy atom. The maximum atomic E-state index is 12.7. The summed E-state index contributed by atoms with van der Waals surface area (Å²) in [6.45, 7) is 4.57. The van der Waals surface area contributed by atoms with Gasteiger partial charge in [-0.3, -0.25) is 9.48 Å². The molecule has 0 atom stereocenters. The molecule has 1 saturated carbocycles. The molecule has 2 N–H and O–H groups in total. The highest BCUT2D eigenvalue weighted by Gasteiger charge is 2.34. The van der Waals surface area contributed by atoms with E-state index in [-0.39, 0.29) is 17.2 Å². The van der Waals surface area contributed by atoms with Gasteiger partial charge in [0.05, 0.1) is 11.2 Å². The zero-order chi connectivity index (χ0) is 14.8. The van der Waals surface area contributed by atoms with Gasteiger partial charge in [-0.1, -0.05) is 30.9 Å². The average Bonchev–Trinajstić information content (AvgIpc) is 2.82. The summed E-state index contributed by atoms with van der Waals surface area (Å²) in [6.07, 6.45) is 7.72. The fraction of sp³-hybridized carbons (Fsp3) is 0.733. The standard InChI is InChI=1S/C15H24ClN3O/c1-11(2)19-14(12(16)9-18-19)13(20)8-15(10-17)6-4-3-5-7-15/h9,11H,3-8,10,17H2,1-2H3. The number of aromatic nitrogens is 2. The highest BCUT2D eigenvalue weighted by molar-refractivity contribution is 6.33. The monoisotopic (exact) mass is 297 g/mol. The second kappa shape index (κ2) is 6.27. The fourth-order valence-electron chi connectivity index (χ4n) is 3.17. The molecule has 1 aliphatic rings. The Morgan fingerprint density at radius 1 is 1.45 bits per heavy atom. The van der Waals surface area contributed by atoms with E-state index in [0.29, 0.717) is 23.7 Å². The van der Waals surface area contributed by atoms with Gasteiger partial charge in [0.25, 0.3) is 0 Å². The van der Waals surface area contributed by atoms with Crippen molar-refractivity contribution < 1.29 is 4.79 Å². The lowest BCUT2D eigenvalue weighted by molar-refractivity contribution is 0.0855. The van der Waals surface area contributed by atoms with Crippen molar-refractivity contribution in [3.8, 4) is 0 Å². The topological polar surface area (TPSA) is 60.9 Å². The number of nitrogens with zero attached hydrogens (tertiary/aromatic N) is 2. The molecule has 1 aromatic rings. The van der Waals surface area contributed by atoms with Crippen LogP contribution in [0.4, 0.5) is 0 Å². The van der Waals surface area contributed by atoms with Crippen LogP contribution in [0.1, 0.15) is 68.9 Å². The van der Waals surface area contributed by atoms with E-state index in [1.54, 1.807) is 10.9 Å². The third-order valence-corrected chi connectivity index (χ3v) is 4.66. The van der Waals surface area contributed by atoms with E-state index in [1.165, 1.54) is 19.3 Å². The minimum absolute atomic E-state index is 0.0370. The number of Topliss-reactive ketones (excluding diaryl/α,β-unsaturated/α-hetero) is 1. The molecule has 1 heterocycles. The van der Waals surface area contributed by atoms with E-state index in [2.05, 4.69) is 5.10 Å². The summed E-state index contributed by atoms with van der Waals surface area (Å²) in [4.78, 5) is 12.7. The molecular weight excluding hydrogens is 274 g/mol. The van der Waals surface area contributed by atoms with E-state index >= 15 is 0 Å². The molecule has 0 unspecified atom stereocenters. The number of carbonyl (C=O) groups is 1. The highest BCUT2D eigenvalue weighted by Crippen LogP contribution is 2.39. The molecule has 0 spiro atoms. The van der Waals surface area contributed by atoms with Gasteiger partial charge < -0.3 is 5.73 Å². The smallest absolute Gasteiger partial charge is 0.183 e. The maximum absolute atomic E-state index is 12.7. The molecule has 0 saturated heterocycles. The number of hydrogen-bond acceptors (Lipinski definition) is 3. The van der Waals surface area contributed by atoms with Gasteiger partial charge in [-0.15, -0.1) is 0 Å². The van der Waals surface area contributed by atoms with Gasteiger partial charge in [0.1, 0.15) is 5.69 Å². The van der Waals surface area contributed by atoms with Gasteiger partial charge in [-0.05, 0) is 38.6 Å². The lowest BCUT2D eigenvalue weighted by atomic mass is 9.71. The lowest BCUT2D eigenvalue weighted by Crippen LogP contribution is -2.35. The van der Waals surface area contributed by atoms with E-state index < -0.39 is 0 Å². The van der Waals surface area contributed by atoms with E-state index in [9.17, 15) is 4.79 Å². The molecule has 1 aromatic heterocycles. The normalized spacial score (nSPS) is 18.4. The zero-order valence-corrected chi connectivity index (χ0v) is 13.1. The molecule has 5 heteroatoms. The van der Waals surface area contributed by atoms with Gasteiger partial charge in [-0.2, -0.15) is 5.10 Å². The first-order valence-corrected chi connectivity index (χ1v) is 7.83. The van der Waals surface area contributed by atoms with Crippen molar-refractivity contribution >= 4 is 17.4 Å². The number of halogens is 1. The summed E-state index contributed by atoms with van der Waals surface area (Å²) in [5, 5.41) is 4.66. The average molecular weight is 298 g/mol. The Kier molecular flexibility index (Phi) is 4.86. The molecule has 2 rings (SSSR count). The van der Waals surface area contributed by atoms with Crippen LogP contribution in [-0.4, -0.2) is 22.1 Å². The zero-order valence-electron chi connectivity index (χ0n) is 12.4. The summed E-state index contributed by atoms with van der Waals surface area (Å²) in [7, 11) is 0. The Hall–Kier alpha value is -0.870. The predicted molar refractivity (Wildman–Crippen MR) is 81.1 cm³/mol. The highest BCUT2D eigenvalue weighted by atomic mass is 35.5. The van der Waals surface area contributed by atoms with Crippen LogP contribution < -0.4 is 5.73 Å². The Labute approximate surface area is 125 Å². The van der Waals surface area contributed by atoms with Crippen LogP contribution >= 0.6 is 11.6 Å². The van der Waals surface area contributed by atoms with Crippen LogP contribution in [0.2, 0.25) is 5.02 Å². The van der Waals surface area contributed by atoms with E-state index in [4.69, 9.17) is 17.3 Å². The van der Waals surface area contributed by atoms with Crippen molar-refractivity contribution in [2.75, 3.05) is 6.54 Å². The summed E-state index contributed by atoms with van der Waals surface area (Å²) in [5.74, 6) is 0.0774. The third-order valence-electron chi connectivity index (χ3n) is 4.39. The first-order chi connectivity index (χ1) is 9.49. The first-order valence-electron chi connectivity index (χ1n) is 7.45. The Balaban J connectivity index is 2.21. The second-order valence-electron chi connectivity index (χ2n) is 6.24. The molecule has 20 heavy (non-hydrogen) atoms. The SMILES string of the molecule is CC(C)n1ncc(Cl)c1C(=O)CC1(CN)CCCCC1. The summed E-state index contributed by atoms with van der Waals surface area (Å²) in [5.41, 5.74) is 6.47. The molecule has 0 aliphatic heterocycles. The second-order valence-corrected chi connectivity index (χ2v) is 6.65. The Bertz CT molecular complexity index is 475. The van der Waals surface area contributed by atoms with Crippen molar-refractivity contribution in [3.63, 3.8) is 0 Å². The summed E-state index contributed by atoms with van der Waals surface area (Å²) >= 11 is 6.15. The van der Waals surface area contributed by atoms with Gasteiger partial charge in [-0.25, -0.2) is 0 Å². The third kappa shape index (κ3) is 3.07. The maximum Gasteiger partial charge on any atom is 0.183 e. The van der Waals surface area contributed by atoms with Gasteiger partial charge in [0.2, 0.25) is 0 Å². The van der Waals surface area contributed by atoms with E-state index in [0.717, 1.165) is 12.8 Å². The van der Waals surface area contributed by atoms with Gasteiger partial charge in [0, 0.05) is 12.5 Å². The molecule has 1 aliphatic carbocycles. The minimum atomic E-state index is -0.0370. The Morgan fingerprint density at radius 3 is 2.65 bits per heavy atom. The van der Waals surface area contributed by atoms with E-state index in [1.807, 2.05) is 13.8 Å². The van der Waals surface area contributed by atoms with Crippen molar-refractivity contribution in [1.29, 1.82) is 0 Å². The molecule has 1 fully saturated rings. The van der Waals surface area contributed by atoms with Crippen LogP contribution in [0.5, 0.6) is 0 Å². The van der Waals surface area contributed by atoms with Crippen LogP contribution in [-0.2, 0) is 0 Å². The number of ketones is 1. The van der Waals surface area contributed by atoms with Crippen LogP contribution in [0.15, 0.2) is 6.20 Å². The van der Waals surface area contributed by atoms with Crippen molar-refractivity contribution in [2.45, 2.75) is 58.4 Å². The quantitative estimate of drug-likeness (QED) is 0.845. The largest absolute Gasteiger partial charge is 0.330 e. The first kappa shape index (κ1) is 15.5. The number of hydrogen-bond donors (Lipinski definition) is 1. The van der Waals surface area contributed by atoms with Crippen LogP contribution in [0, 0.1) is 5.41 Å². The van der Waals surface area contributed by atoms with Crippen molar-refractivity contribution in [2.24, 2.45) is 11.1 Å². The summed E-state index contributed by atoms with van der Waals surface area (Å²) < 4.78 is 1.72. The number of rotatable bonds is 5. The molecule has 0 radical (unpaired) electrons. The molecule has 0 bridgehead atoms. The van der Waals surface area contributed by atoms with Crippen LogP contribution in [0.3, 0.4) is 0 Å².